The Hall–Kier alpha value is -3.43. The van der Waals surface area contributed by atoms with Crippen molar-refractivity contribution in [3.63, 3.8) is 0 Å². The van der Waals surface area contributed by atoms with Crippen LogP contribution in [-0.2, 0) is 13.2 Å². The molecule has 0 aliphatic heterocycles. The molecule has 0 radical (unpaired) electrons. The second kappa shape index (κ2) is 6.04. The summed E-state index contributed by atoms with van der Waals surface area (Å²) in [5, 5.41) is 6.99. The molecule has 0 fully saturated rings. The number of carbonyl (C=O) groups excluding carboxylic acids is 1. The van der Waals surface area contributed by atoms with Gasteiger partial charge in [-0.15, -0.1) is 0 Å². The molecule has 0 aliphatic carbocycles. The van der Waals surface area contributed by atoms with Gasteiger partial charge in [0.05, 0.1) is 22.3 Å². The standard InChI is InChI=1S/C18H11F5N4O/c1-27-15-4-8(18(21,22)23)2-3-9(15)16(26-27)17(28)25-14-7-24-13-6-12(20)11(19)5-10(13)14/h2-7,24H,1H3,(H,25,28). The SMILES string of the molecule is Cn1nc(C(=O)Nc2c[nH]c3cc(F)c(F)cc23)c2ccc(C(F)(F)F)cc21. The van der Waals surface area contributed by atoms with E-state index in [2.05, 4.69) is 15.4 Å². The number of aromatic amines is 1. The average Bonchev–Trinajstić information content (AvgIpc) is 3.16. The van der Waals surface area contributed by atoms with Crippen molar-refractivity contribution < 1.29 is 26.7 Å². The van der Waals surface area contributed by atoms with E-state index >= 15 is 0 Å². The Bertz CT molecular complexity index is 1240. The Balaban J connectivity index is 1.73. The normalized spacial score (nSPS) is 12.1. The van der Waals surface area contributed by atoms with Crippen molar-refractivity contribution in [2.45, 2.75) is 6.18 Å². The van der Waals surface area contributed by atoms with Gasteiger partial charge in [-0.05, 0) is 24.3 Å². The van der Waals surface area contributed by atoms with Gasteiger partial charge in [0, 0.05) is 30.1 Å². The van der Waals surface area contributed by atoms with Crippen molar-refractivity contribution in [3.8, 4) is 0 Å². The van der Waals surface area contributed by atoms with Crippen LogP contribution in [0.4, 0.5) is 27.6 Å². The van der Waals surface area contributed by atoms with Crippen LogP contribution in [0.25, 0.3) is 21.8 Å². The van der Waals surface area contributed by atoms with Gasteiger partial charge in [0.2, 0.25) is 0 Å². The molecule has 0 atom stereocenters. The Kier molecular flexibility index (Phi) is 3.88. The molecule has 1 amide bonds. The molecule has 4 aromatic rings. The second-order valence-electron chi connectivity index (χ2n) is 6.17. The highest BCUT2D eigenvalue weighted by Gasteiger charge is 2.31. The molecule has 144 valence electrons. The molecule has 0 aliphatic rings. The average molecular weight is 394 g/mol. The number of halogens is 5. The van der Waals surface area contributed by atoms with Gasteiger partial charge in [0.15, 0.2) is 17.3 Å². The summed E-state index contributed by atoms with van der Waals surface area (Å²) < 4.78 is 66.7. The monoisotopic (exact) mass is 394 g/mol. The number of nitrogens with one attached hydrogen (secondary N) is 2. The van der Waals surface area contributed by atoms with Gasteiger partial charge in [-0.1, -0.05) is 0 Å². The minimum absolute atomic E-state index is 0.0943. The number of fused-ring (bicyclic) bond motifs is 2. The summed E-state index contributed by atoms with van der Waals surface area (Å²) in [7, 11) is 1.42. The summed E-state index contributed by atoms with van der Waals surface area (Å²) in [6.07, 6.45) is -3.17. The van der Waals surface area contributed by atoms with Crippen molar-refractivity contribution in [1.29, 1.82) is 0 Å². The van der Waals surface area contributed by atoms with Crippen molar-refractivity contribution in [3.05, 3.63) is 59.4 Å². The van der Waals surface area contributed by atoms with Gasteiger partial charge in [-0.2, -0.15) is 18.3 Å². The molecule has 2 N–H and O–H groups in total. The molecule has 2 heterocycles. The van der Waals surface area contributed by atoms with E-state index in [1.54, 1.807) is 0 Å². The highest BCUT2D eigenvalue weighted by atomic mass is 19.4. The van der Waals surface area contributed by atoms with Gasteiger partial charge in [0.25, 0.3) is 5.91 Å². The van der Waals surface area contributed by atoms with E-state index in [9.17, 15) is 26.7 Å². The molecule has 2 aromatic heterocycles. The third-order valence-electron chi connectivity index (χ3n) is 4.36. The van der Waals surface area contributed by atoms with Crippen LogP contribution in [-0.4, -0.2) is 20.7 Å². The number of carbonyl (C=O) groups is 1. The minimum Gasteiger partial charge on any atom is -0.359 e. The van der Waals surface area contributed by atoms with E-state index in [1.807, 2.05) is 0 Å². The van der Waals surface area contributed by atoms with E-state index in [0.29, 0.717) is 0 Å². The van der Waals surface area contributed by atoms with E-state index in [1.165, 1.54) is 24.0 Å². The van der Waals surface area contributed by atoms with Crippen molar-refractivity contribution in [1.82, 2.24) is 14.8 Å². The summed E-state index contributed by atoms with van der Waals surface area (Å²) in [5.41, 5.74) is -0.362. The lowest BCUT2D eigenvalue weighted by molar-refractivity contribution is -0.137. The topological polar surface area (TPSA) is 62.7 Å². The predicted molar refractivity (Wildman–Crippen MR) is 91.9 cm³/mol. The molecule has 4 rings (SSSR count). The van der Waals surface area contributed by atoms with Crippen molar-refractivity contribution in [2.75, 3.05) is 5.32 Å². The van der Waals surface area contributed by atoms with Crippen LogP contribution < -0.4 is 5.32 Å². The molecule has 5 nitrogen and oxygen atoms in total. The van der Waals surface area contributed by atoms with Crippen LogP contribution >= 0.6 is 0 Å². The highest BCUT2D eigenvalue weighted by Crippen LogP contribution is 2.32. The number of benzene rings is 2. The van der Waals surface area contributed by atoms with Gasteiger partial charge >= 0.3 is 6.18 Å². The van der Waals surface area contributed by atoms with E-state index in [4.69, 9.17) is 0 Å². The fourth-order valence-corrected chi connectivity index (χ4v) is 3.00. The Labute approximate surface area is 153 Å². The maximum atomic E-state index is 13.5. The number of aryl methyl sites for hydroxylation is 1. The molecule has 10 heteroatoms. The first-order valence-corrected chi connectivity index (χ1v) is 7.96. The molecule has 28 heavy (non-hydrogen) atoms. The van der Waals surface area contributed by atoms with Crippen molar-refractivity contribution >= 4 is 33.4 Å². The molecular formula is C18H11F5N4O. The zero-order valence-electron chi connectivity index (χ0n) is 14.2. The summed E-state index contributed by atoms with van der Waals surface area (Å²) in [6.45, 7) is 0. The van der Waals surface area contributed by atoms with Crippen LogP contribution in [0.1, 0.15) is 16.1 Å². The fourth-order valence-electron chi connectivity index (χ4n) is 3.00. The molecule has 0 spiro atoms. The van der Waals surface area contributed by atoms with Gasteiger partial charge < -0.3 is 10.3 Å². The molecule has 0 unspecified atom stereocenters. The lowest BCUT2D eigenvalue weighted by atomic mass is 10.1. The Morgan fingerprint density at radius 2 is 1.82 bits per heavy atom. The number of alkyl halides is 3. The van der Waals surface area contributed by atoms with Gasteiger partial charge in [-0.3, -0.25) is 9.48 Å². The summed E-state index contributed by atoms with van der Waals surface area (Å²) >= 11 is 0. The van der Waals surface area contributed by atoms with Crippen LogP contribution in [0.5, 0.6) is 0 Å². The second-order valence-corrected chi connectivity index (χ2v) is 6.17. The van der Waals surface area contributed by atoms with E-state index in [0.717, 1.165) is 24.3 Å². The molecule has 0 bridgehead atoms. The number of nitrogens with zero attached hydrogens (tertiary/aromatic N) is 2. The minimum atomic E-state index is -4.52. The lowest BCUT2D eigenvalue weighted by Gasteiger charge is -2.06. The third-order valence-corrected chi connectivity index (χ3v) is 4.36. The van der Waals surface area contributed by atoms with E-state index < -0.39 is 29.3 Å². The Morgan fingerprint density at radius 1 is 1.11 bits per heavy atom. The van der Waals surface area contributed by atoms with Gasteiger partial charge in [0.1, 0.15) is 0 Å². The number of H-pyrrole nitrogens is 1. The zero-order valence-corrected chi connectivity index (χ0v) is 14.2. The number of hydrogen-bond acceptors (Lipinski definition) is 2. The summed E-state index contributed by atoms with van der Waals surface area (Å²) in [4.78, 5) is 15.3. The quantitative estimate of drug-likeness (QED) is 0.488. The van der Waals surface area contributed by atoms with Crippen LogP contribution in [0, 0.1) is 11.6 Å². The van der Waals surface area contributed by atoms with Crippen LogP contribution in [0.3, 0.4) is 0 Å². The molecule has 0 saturated carbocycles. The first kappa shape index (κ1) is 18.0. The fraction of sp³-hybridized carbons (Fsp3) is 0.111. The summed E-state index contributed by atoms with van der Waals surface area (Å²) in [6, 6.07) is 4.83. The van der Waals surface area contributed by atoms with E-state index in [-0.39, 0.29) is 33.2 Å². The zero-order chi connectivity index (χ0) is 20.2. The number of aromatic nitrogens is 3. The first-order valence-electron chi connectivity index (χ1n) is 7.96. The molecule has 0 saturated heterocycles. The van der Waals surface area contributed by atoms with Crippen molar-refractivity contribution in [2.24, 2.45) is 7.05 Å². The molecule has 2 aromatic carbocycles. The smallest absolute Gasteiger partial charge is 0.359 e. The number of amides is 1. The maximum Gasteiger partial charge on any atom is 0.416 e. The highest BCUT2D eigenvalue weighted by molar-refractivity contribution is 6.13. The number of hydrogen-bond donors (Lipinski definition) is 2. The number of rotatable bonds is 2. The predicted octanol–water partition coefficient (Wildman–Crippen LogP) is 4.60. The van der Waals surface area contributed by atoms with Crippen LogP contribution in [0.2, 0.25) is 0 Å². The molecular weight excluding hydrogens is 383 g/mol. The summed E-state index contributed by atoms with van der Waals surface area (Å²) in [5.74, 6) is -2.81. The number of anilines is 1. The first-order chi connectivity index (χ1) is 13.1. The lowest BCUT2D eigenvalue weighted by Crippen LogP contribution is -2.13. The largest absolute Gasteiger partial charge is 0.416 e. The van der Waals surface area contributed by atoms with Gasteiger partial charge in [-0.25, -0.2) is 8.78 Å². The maximum absolute atomic E-state index is 13.5. The van der Waals surface area contributed by atoms with Crippen LogP contribution in [0.15, 0.2) is 36.5 Å². The Morgan fingerprint density at radius 3 is 2.54 bits per heavy atom. The third kappa shape index (κ3) is 2.86.